The van der Waals surface area contributed by atoms with Gasteiger partial charge in [-0.3, -0.25) is 18.8 Å². The van der Waals surface area contributed by atoms with Crippen LogP contribution in [0.4, 0.5) is 0 Å². The molecule has 0 aliphatic carbocycles. The Morgan fingerprint density at radius 1 is 1.26 bits per heavy atom. The predicted octanol–water partition coefficient (Wildman–Crippen LogP) is 0.247. The van der Waals surface area contributed by atoms with Crippen LogP contribution in [0.15, 0.2) is 41.6 Å². The zero-order valence-electron chi connectivity index (χ0n) is 15.3. The molecule has 140 valence electrons. The Bertz CT molecular complexity index is 1030. The van der Waals surface area contributed by atoms with Crippen molar-refractivity contribution in [2.45, 2.75) is 12.6 Å². The maximum atomic E-state index is 12.6. The summed E-state index contributed by atoms with van der Waals surface area (Å²) in [6.45, 7) is 2.42. The third kappa shape index (κ3) is 3.33. The number of para-hydroxylation sites is 1. The monoisotopic (exact) mass is 367 g/mol. The minimum Gasteiger partial charge on any atom is -0.333 e. The first kappa shape index (κ1) is 17.3. The molecular formula is C18H21N7O2. The van der Waals surface area contributed by atoms with Crippen LogP contribution in [0.5, 0.6) is 0 Å². The number of likely N-dealkylation sites (tertiary alicyclic amines) is 1. The molecule has 1 saturated heterocycles. The third-order valence-electron chi connectivity index (χ3n) is 4.77. The van der Waals surface area contributed by atoms with Crippen molar-refractivity contribution in [2.75, 3.05) is 33.7 Å². The molecule has 1 fully saturated rings. The number of hydrogen-bond donors (Lipinski definition) is 0. The second-order valence-electron chi connectivity index (χ2n) is 7.01. The summed E-state index contributed by atoms with van der Waals surface area (Å²) in [5, 5.41) is 8.57. The van der Waals surface area contributed by atoms with E-state index in [9.17, 15) is 9.59 Å². The summed E-state index contributed by atoms with van der Waals surface area (Å²) >= 11 is 0. The summed E-state index contributed by atoms with van der Waals surface area (Å²) in [5.74, 6) is -0.163. The Morgan fingerprint density at radius 3 is 2.81 bits per heavy atom. The fourth-order valence-electron chi connectivity index (χ4n) is 3.11. The highest BCUT2D eigenvalue weighted by atomic mass is 16.2. The molecule has 1 aliphatic heterocycles. The lowest BCUT2D eigenvalue weighted by Gasteiger charge is -2.39. The first-order valence-electron chi connectivity index (χ1n) is 8.83. The van der Waals surface area contributed by atoms with Crippen molar-refractivity contribution >= 4 is 16.8 Å². The van der Waals surface area contributed by atoms with Gasteiger partial charge in [0.15, 0.2) is 5.69 Å². The van der Waals surface area contributed by atoms with Crippen molar-refractivity contribution < 1.29 is 4.79 Å². The highest BCUT2D eigenvalue weighted by molar-refractivity contribution is 5.92. The van der Waals surface area contributed by atoms with Gasteiger partial charge in [-0.05, 0) is 26.2 Å². The minimum atomic E-state index is -0.163. The Morgan fingerprint density at radius 2 is 2.04 bits per heavy atom. The summed E-state index contributed by atoms with van der Waals surface area (Å²) in [4.78, 5) is 33.2. The molecule has 27 heavy (non-hydrogen) atoms. The van der Waals surface area contributed by atoms with Gasteiger partial charge in [-0.25, -0.2) is 4.98 Å². The number of hydrogen-bond acceptors (Lipinski definition) is 6. The lowest BCUT2D eigenvalue weighted by molar-refractivity contribution is 0.0508. The van der Waals surface area contributed by atoms with Gasteiger partial charge in [0.05, 0.1) is 36.0 Å². The van der Waals surface area contributed by atoms with E-state index < -0.39 is 0 Å². The van der Waals surface area contributed by atoms with Crippen molar-refractivity contribution in [2.24, 2.45) is 0 Å². The molecule has 3 aromatic rings. The fraction of sp³-hybridized carbons (Fsp3) is 0.389. The Kier molecular flexibility index (Phi) is 4.44. The normalized spacial score (nSPS) is 14.7. The molecule has 1 aromatic carbocycles. The predicted molar refractivity (Wildman–Crippen MR) is 99.5 cm³/mol. The Hall–Kier alpha value is -3.07. The quantitative estimate of drug-likeness (QED) is 0.642. The molecule has 0 atom stereocenters. The topological polar surface area (TPSA) is 89.2 Å². The van der Waals surface area contributed by atoms with Gasteiger partial charge >= 0.3 is 0 Å². The van der Waals surface area contributed by atoms with E-state index in [1.807, 2.05) is 37.2 Å². The summed E-state index contributed by atoms with van der Waals surface area (Å²) in [6.07, 6.45) is 3.23. The van der Waals surface area contributed by atoms with Gasteiger partial charge in [0.1, 0.15) is 0 Å². The molecule has 3 heterocycles. The van der Waals surface area contributed by atoms with Crippen LogP contribution in [0.25, 0.3) is 10.9 Å². The second-order valence-corrected chi connectivity index (χ2v) is 7.01. The number of fused-ring (bicyclic) bond motifs is 1. The molecule has 0 N–H and O–H groups in total. The van der Waals surface area contributed by atoms with Crippen molar-refractivity contribution in [3.63, 3.8) is 0 Å². The standard InChI is InChI=1S/C18H21N7O2/c1-22(2)7-8-24-11-16(20-21-24)18(27)23-9-13(10-23)25-12-19-15-6-4-3-5-14(15)17(25)26/h3-6,11-13H,7-10H2,1-2H3. The smallest absolute Gasteiger partial charge is 0.276 e. The van der Waals surface area contributed by atoms with Crippen molar-refractivity contribution in [3.8, 4) is 0 Å². The van der Waals surface area contributed by atoms with Crippen LogP contribution in [0.2, 0.25) is 0 Å². The Labute approximate surface area is 155 Å². The molecule has 0 spiro atoms. The minimum absolute atomic E-state index is 0.0673. The van der Waals surface area contributed by atoms with E-state index >= 15 is 0 Å². The number of nitrogens with zero attached hydrogens (tertiary/aromatic N) is 7. The van der Waals surface area contributed by atoms with Crippen LogP contribution in [-0.2, 0) is 6.54 Å². The lowest BCUT2D eigenvalue weighted by atomic mass is 10.1. The average molecular weight is 367 g/mol. The SMILES string of the molecule is CN(C)CCn1cc(C(=O)N2CC(n3cnc4ccccc4c3=O)C2)nn1. The van der Waals surface area contributed by atoms with Crippen LogP contribution < -0.4 is 5.56 Å². The van der Waals surface area contributed by atoms with Crippen LogP contribution in [0.3, 0.4) is 0 Å². The van der Waals surface area contributed by atoms with Crippen LogP contribution >= 0.6 is 0 Å². The van der Waals surface area contributed by atoms with Gasteiger partial charge in [-0.15, -0.1) is 5.10 Å². The molecule has 0 bridgehead atoms. The molecule has 1 amide bonds. The number of carbonyl (C=O) groups is 1. The molecule has 0 saturated carbocycles. The van der Waals surface area contributed by atoms with E-state index in [4.69, 9.17) is 0 Å². The summed E-state index contributed by atoms with van der Waals surface area (Å²) in [5.41, 5.74) is 0.934. The molecule has 0 radical (unpaired) electrons. The number of amides is 1. The molecule has 1 aliphatic rings. The number of rotatable bonds is 5. The number of carbonyl (C=O) groups excluding carboxylic acids is 1. The van der Waals surface area contributed by atoms with E-state index in [-0.39, 0.29) is 17.5 Å². The molecule has 2 aromatic heterocycles. The van der Waals surface area contributed by atoms with Gasteiger partial charge < -0.3 is 9.80 Å². The van der Waals surface area contributed by atoms with Crippen LogP contribution in [-0.4, -0.2) is 74.0 Å². The lowest BCUT2D eigenvalue weighted by Crippen LogP contribution is -2.52. The zero-order chi connectivity index (χ0) is 19.0. The molecule has 0 unspecified atom stereocenters. The van der Waals surface area contributed by atoms with E-state index in [2.05, 4.69) is 15.3 Å². The highest BCUT2D eigenvalue weighted by Crippen LogP contribution is 2.22. The second kappa shape index (κ2) is 6.92. The van der Waals surface area contributed by atoms with Gasteiger partial charge in [-0.2, -0.15) is 0 Å². The Balaban J connectivity index is 1.43. The van der Waals surface area contributed by atoms with E-state index in [0.717, 1.165) is 6.54 Å². The maximum Gasteiger partial charge on any atom is 0.276 e. The van der Waals surface area contributed by atoms with E-state index in [0.29, 0.717) is 36.2 Å². The van der Waals surface area contributed by atoms with Crippen molar-refractivity contribution in [3.05, 3.63) is 52.8 Å². The molecular weight excluding hydrogens is 346 g/mol. The largest absolute Gasteiger partial charge is 0.333 e. The van der Waals surface area contributed by atoms with Gasteiger partial charge in [0.2, 0.25) is 0 Å². The molecule has 4 rings (SSSR count). The summed E-state index contributed by atoms with van der Waals surface area (Å²) in [7, 11) is 3.96. The zero-order valence-corrected chi connectivity index (χ0v) is 15.3. The third-order valence-corrected chi connectivity index (χ3v) is 4.77. The van der Waals surface area contributed by atoms with Crippen LogP contribution in [0, 0.1) is 0 Å². The number of aromatic nitrogens is 5. The van der Waals surface area contributed by atoms with E-state index in [1.165, 1.54) is 0 Å². The first-order valence-corrected chi connectivity index (χ1v) is 8.83. The first-order chi connectivity index (χ1) is 13.0. The summed E-state index contributed by atoms with van der Waals surface area (Å²) in [6, 6.07) is 7.20. The van der Waals surface area contributed by atoms with Gasteiger partial charge in [0.25, 0.3) is 11.5 Å². The summed E-state index contributed by atoms with van der Waals surface area (Å²) < 4.78 is 3.28. The van der Waals surface area contributed by atoms with Gasteiger partial charge in [-0.1, -0.05) is 17.3 Å². The molecule has 9 heteroatoms. The highest BCUT2D eigenvalue weighted by Gasteiger charge is 2.34. The fourth-order valence-corrected chi connectivity index (χ4v) is 3.11. The molecule has 9 nitrogen and oxygen atoms in total. The van der Waals surface area contributed by atoms with Gasteiger partial charge in [0, 0.05) is 19.6 Å². The van der Waals surface area contributed by atoms with E-state index in [1.54, 1.807) is 32.7 Å². The number of likely N-dealkylation sites (N-methyl/N-ethyl adjacent to an activating group) is 1. The van der Waals surface area contributed by atoms with Crippen LogP contribution in [0.1, 0.15) is 16.5 Å². The maximum absolute atomic E-state index is 12.6. The van der Waals surface area contributed by atoms with Crippen molar-refractivity contribution in [1.29, 1.82) is 0 Å². The number of benzene rings is 1. The van der Waals surface area contributed by atoms with Crippen molar-refractivity contribution in [1.82, 2.24) is 34.3 Å². The average Bonchev–Trinajstić information content (AvgIpc) is 3.10.